The molecule has 2 aliphatic rings. The minimum absolute atomic E-state index is 0.0584. The van der Waals surface area contributed by atoms with Crippen LogP contribution in [0.15, 0.2) is 48.5 Å². The van der Waals surface area contributed by atoms with Crippen molar-refractivity contribution in [2.75, 3.05) is 0 Å². The predicted molar refractivity (Wildman–Crippen MR) is 100 cm³/mol. The molecule has 1 fully saturated rings. The van der Waals surface area contributed by atoms with Gasteiger partial charge in [0.05, 0.1) is 6.54 Å². The number of benzene rings is 2. The number of phenolic OH excluding ortho intramolecular Hbond substituents is 1. The van der Waals surface area contributed by atoms with E-state index >= 15 is 0 Å². The molecule has 136 valence electrons. The summed E-state index contributed by atoms with van der Waals surface area (Å²) in [6.45, 7) is 0.424. The topological polar surface area (TPSA) is 85.4 Å². The van der Waals surface area contributed by atoms with Crippen LogP contribution in [0, 0.1) is 0 Å². The Balaban J connectivity index is 1.44. The van der Waals surface area contributed by atoms with Crippen LogP contribution in [-0.2, 0) is 29.0 Å². The molecule has 6 nitrogen and oxygen atoms in total. The van der Waals surface area contributed by atoms with Crippen LogP contribution in [0.1, 0.15) is 16.8 Å². The highest BCUT2D eigenvalue weighted by atomic mass is 16.3. The van der Waals surface area contributed by atoms with E-state index in [-0.39, 0.29) is 17.6 Å². The maximum Gasteiger partial charge on any atom is 0.246 e. The molecule has 3 N–H and O–H groups in total. The van der Waals surface area contributed by atoms with Crippen LogP contribution in [0.25, 0.3) is 10.9 Å². The lowest BCUT2D eigenvalue weighted by atomic mass is 9.91. The van der Waals surface area contributed by atoms with E-state index in [1.165, 1.54) is 0 Å². The number of aromatic hydroxyl groups is 1. The van der Waals surface area contributed by atoms with Gasteiger partial charge in [0.25, 0.3) is 0 Å². The van der Waals surface area contributed by atoms with E-state index in [2.05, 4.69) is 16.4 Å². The van der Waals surface area contributed by atoms with Crippen molar-refractivity contribution in [1.82, 2.24) is 15.2 Å². The van der Waals surface area contributed by atoms with Crippen LogP contribution < -0.4 is 5.32 Å². The first-order valence-corrected chi connectivity index (χ1v) is 9.07. The minimum atomic E-state index is -0.579. The monoisotopic (exact) mass is 361 g/mol. The minimum Gasteiger partial charge on any atom is -0.508 e. The standard InChI is InChI=1S/C21H19N3O3/c25-13-7-5-12(6-8-13)9-17-21(27)24-11-18-15(10-19(24)20(26)23-17)14-3-1-2-4-16(14)22-18/h1-8,17,19,22,25H,9-11H2,(H,23,26)/t17-,19-/m0/s1. The largest absolute Gasteiger partial charge is 0.508 e. The Labute approximate surface area is 155 Å². The van der Waals surface area contributed by atoms with E-state index in [1.54, 1.807) is 29.2 Å². The lowest BCUT2D eigenvalue weighted by Crippen LogP contribution is -2.65. The zero-order valence-electron chi connectivity index (χ0n) is 14.6. The number of rotatable bonds is 2. The smallest absolute Gasteiger partial charge is 0.246 e. The zero-order chi connectivity index (χ0) is 18.5. The number of amides is 2. The summed E-state index contributed by atoms with van der Waals surface area (Å²) in [5.74, 6) is 0.0199. The summed E-state index contributed by atoms with van der Waals surface area (Å²) in [6.07, 6.45) is 0.941. The Kier molecular flexibility index (Phi) is 3.47. The molecule has 2 atom stereocenters. The van der Waals surface area contributed by atoms with Gasteiger partial charge in [-0.1, -0.05) is 30.3 Å². The lowest BCUT2D eigenvalue weighted by molar-refractivity contribution is -0.150. The van der Waals surface area contributed by atoms with Crippen molar-refractivity contribution in [3.05, 3.63) is 65.4 Å². The number of para-hydroxylation sites is 1. The third-order valence-electron chi connectivity index (χ3n) is 5.58. The van der Waals surface area contributed by atoms with Gasteiger partial charge in [0.1, 0.15) is 17.8 Å². The molecular weight excluding hydrogens is 342 g/mol. The number of H-pyrrole nitrogens is 1. The number of piperazine rings is 1. The van der Waals surface area contributed by atoms with Crippen LogP contribution in [0.2, 0.25) is 0 Å². The number of nitrogens with one attached hydrogen (secondary N) is 2. The summed E-state index contributed by atoms with van der Waals surface area (Å²) in [5, 5.41) is 13.4. The molecule has 2 amide bonds. The molecule has 1 aromatic heterocycles. The van der Waals surface area contributed by atoms with E-state index < -0.39 is 12.1 Å². The van der Waals surface area contributed by atoms with Gasteiger partial charge in [0, 0.05) is 29.4 Å². The number of phenols is 1. The molecule has 0 bridgehead atoms. The molecule has 5 rings (SSSR count). The first-order chi connectivity index (χ1) is 13.1. The maximum absolute atomic E-state index is 13.0. The molecule has 0 saturated carbocycles. The third-order valence-corrected chi connectivity index (χ3v) is 5.58. The molecule has 0 radical (unpaired) electrons. The van der Waals surface area contributed by atoms with Gasteiger partial charge < -0.3 is 20.3 Å². The number of hydrogen-bond acceptors (Lipinski definition) is 3. The highest BCUT2D eigenvalue weighted by Gasteiger charge is 2.43. The molecule has 2 aliphatic heterocycles. The summed E-state index contributed by atoms with van der Waals surface area (Å²) in [5.41, 5.74) is 4.08. The highest BCUT2D eigenvalue weighted by Crippen LogP contribution is 2.32. The Morgan fingerprint density at radius 2 is 1.85 bits per heavy atom. The van der Waals surface area contributed by atoms with Crippen molar-refractivity contribution in [1.29, 1.82) is 0 Å². The van der Waals surface area contributed by atoms with Gasteiger partial charge in [-0.15, -0.1) is 0 Å². The highest BCUT2D eigenvalue weighted by molar-refractivity contribution is 5.98. The fourth-order valence-corrected chi connectivity index (χ4v) is 4.21. The first kappa shape index (κ1) is 15.9. The van der Waals surface area contributed by atoms with Gasteiger partial charge in [-0.05, 0) is 29.3 Å². The molecule has 3 heterocycles. The second kappa shape index (κ2) is 5.87. The van der Waals surface area contributed by atoms with Crippen molar-refractivity contribution < 1.29 is 14.7 Å². The SMILES string of the molecule is O=C1N[C@@H](Cc2ccc(O)cc2)C(=O)N2Cc3[nH]c4ccccc4c3C[C@@H]12. The second-order valence-corrected chi connectivity index (χ2v) is 7.25. The average Bonchev–Trinajstić information content (AvgIpc) is 3.04. The van der Waals surface area contributed by atoms with Crippen molar-refractivity contribution in [2.45, 2.75) is 31.5 Å². The third kappa shape index (κ3) is 2.56. The number of nitrogens with zero attached hydrogens (tertiary/aromatic N) is 1. The average molecular weight is 361 g/mol. The van der Waals surface area contributed by atoms with Gasteiger partial charge in [0.15, 0.2) is 0 Å². The first-order valence-electron chi connectivity index (χ1n) is 9.07. The molecule has 0 aliphatic carbocycles. The molecule has 2 aromatic carbocycles. The van der Waals surface area contributed by atoms with Crippen LogP contribution in [-0.4, -0.2) is 38.9 Å². The molecule has 0 spiro atoms. The molecule has 3 aromatic rings. The van der Waals surface area contributed by atoms with E-state index in [4.69, 9.17) is 0 Å². The van der Waals surface area contributed by atoms with Gasteiger partial charge in [-0.3, -0.25) is 9.59 Å². The quantitative estimate of drug-likeness (QED) is 0.651. The summed E-state index contributed by atoms with van der Waals surface area (Å²) in [4.78, 5) is 30.9. The summed E-state index contributed by atoms with van der Waals surface area (Å²) >= 11 is 0. The Morgan fingerprint density at radius 3 is 2.67 bits per heavy atom. The Hall–Kier alpha value is -3.28. The van der Waals surface area contributed by atoms with Gasteiger partial charge in [0.2, 0.25) is 11.8 Å². The molecule has 6 heteroatoms. The van der Waals surface area contributed by atoms with Crippen LogP contribution in [0.5, 0.6) is 5.75 Å². The number of carbonyl (C=O) groups is 2. The number of carbonyl (C=O) groups excluding carboxylic acids is 2. The normalized spacial score (nSPS) is 21.7. The summed E-state index contributed by atoms with van der Waals surface area (Å²) < 4.78 is 0. The van der Waals surface area contributed by atoms with Crippen molar-refractivity contribution in [3.8, 4) is 5.75 Å². The van der Waals surface area contributed by atoms with E-state index in [0.717, 1.165) is 27.7 Å². The molecule has 1 saturated heterocycles. The van der Waals surface area contributed by atoms with E-state index in [1.807, 2.05) is 18.2 Å². The number of fused-ring (bicyclic) bond motifs is 4. The summed E-state index contributed by atoms with van der Waals surface area (Å²) in [7, 11) is 0. The Morgan fingerprint density at radius 1 is 1.07 bits per heavy atom. The second-order valence-electron chi connectivity index (χ2n) is 7.25. The van der Waals surface area contributed by atoms with Gasteiger partial charge >= 0.3 is 0 Å². The fourth-order valence-electron chi connectivity index (χ4n) is 4.21. The maximum atomic E-state index is 13.0. The van der Waals surface area contributed by atoms with Crippen LogP contribution in [0.3, 0.4) is 0 Å². The van der Waals surface area contributed by atoms with E-state index in [0.29, 0.717) is 19.4 Å². The van der Waals surface area contributed by atoms with Crippen molar-refractivity contribution in [2.24, 2.45) is 0 Å². The number of aromatic nitrogens is 1. The zero-order valence-corrected chi connectivity index (χ0v) is 14.6. The van der Waals surface area contributed by atoms with E-state index in [9.17, 15) is 14.7 Å². The van der Waals surface area contributed by atoms with Crippen LogP contribution in [0.4, 0.5) is 0 Å². The number of hydrogen-bond donors (Lipinski definition) is 3. The molecular formula is C21H19N3O3. The molecule has 27 heavy (non-hydrogen) atoms. The van der Waals surface area contributed by atoms with Gasteiger partial charge in [-0.25, -0.2) is 0 Å². The predicted octanol–water partition coefficient (Wildman–Crippen LogP) is 1.87. The van der Waals surface area contributed by atoms with Gasteiger partial charge in [-0.2, -0.15) is 0 Å². The molecule has 0 unspecified atom stereocenters. The Bertz CT molecular complexity index is 1050. The lowest BCUT2D eigenvalue weighted by Gasteiger charge is -2.41. The van der Waals surface area contributed by atoms with Crippen molar-refractivity contribution >= 4 is 22.7 Å². The number of aromatic amines is 1. The fraction of sp³-hybridized carbons (Fsp3) is 0.238. The summed E-state index contributed by atoms with van der Waals surface area (Å²) in [6, 6.07) is 13.7. The van der Waals surface area contributed by atoms with Crippen LogP contribution >= 0.6 is 0 Å². The van der Waals surface area contributed by atoms with Crippen molar-refractivity contribution in [3.63, 3.8) is 0 Å².